The van der Waals surface area contributed by atoms with E-state index in [0.717, 1.165) is 18.7 Å². The summed E-state index contributed by atoms with van der Waals surface area (Å²) in [6.45, 7) is 0.582. The number of anilines is 1. The fourth-order valence-corrected chi connectivity index (χ4v) is 1.49. The first-order chi connectivity index (χ1) is 8.77. The van der Waals surface area contributed by atoms with Crippen molar-refractivity contribution in [1.82, 2.24) is 20.2 Å². The molecule has 94 valence electrons. The topological polar surface area (TPSA) is 110 Å². The molecule has 2 aromatic rings. The molecule has 0 spiro atoms. The molecular weight excluding hydrogens is 236 g/mol. The summed E-state index contributed by atoms with van der Waals surface area (Å²) in [5.41, 5.74) is -0.0165. The summed E-state index contributed by atoms with van der Waals surface area (Å²) in [4.78, 5) is 18.2. The van der Waals surface area contributed by atoms with Crippen molar-refractivity contribution >= 4 is 11.5 Å². The molecule has 0 aliphatic carbocycles. The number of hydrogen-bond acceptors (Lipinski definition) is 6. The number of nitrogens with zero attached hydrogens (tertiary/aromatic N) is 4. The summed E-state index contributed by atoms with van der Waals surface area (Å²) in [6, 6.07) is 2.96. The zero-order valence-corrected chi connectivity index (χ0v) is 9.54. The van der Waals surface area contributed by atoms with Crippen LogP contribution in [0.3, 0.4) is 0 Å². The summed E-state index contributed by atoms with van der Waals surface area (Å²) in [7, 11) is 0. The largest absolute Gasteiger partial charge is 0.364 e. The molecule has 0 saturated heterocycles. The summed E-state index contributed by atoms with van der Waals surface area (Å²) in [6.07, 6.45) is 4.48. The molecule has 2 heterocycles. The highest BCUT2D eigenvalue weighted by molar-refractivity contribution is 5.54. The molecule has 0 aliphatic heterocycles. The SMILES string of the molecule is O=[N+]([O-])c1cccnc1NCCCc1ncn[nH]1. The van der Waals surface area contributed by atoms with E-state index in [0.29, 0.717) is 12.4 Å². The Kier molecular flexibility index (Phi) is 3.79. The molecule has 2 aromatic heterocycles. The maximum atomic E-state index is 10.7. The van der Waals surface area contributed by atoms with Crippen LogP contribution in [-0.4, -0.2) is 31.6 Å². The van der Waals surface area contributed by atoms with Crippen LogP contribution in [0.25, 0.3) is 0 Å². The Morgan fingerprint density at radius 2 is 2.33 bits per heavy atom. The molecule has 2 N–H and O–H groups in total. The van der Waals surface area contributed by atoms with Crippen LogP contribution in [0.1, 0.15) is 12.2 Å². The van der Waals surface area contributed by atoms with Crippen LogP contribution in [0.4, 0.5) is 11.5 Å². The Hall–Kier alpha value is -2.51. The van der Waals surface area contributed by atoms with E-state index in [-0.39, 0.29) is 5.69 Å². The predicted molar refractivity (Wildman–Crippen MR) is 64.1 cm³/mol. The molecule has 18 heavy (non-hydrogen) atoms. The van der Waals surface area contributed by atoms with Crippen molar-refractivity contribution in [2.24, 2.45) is 0 Å². The van der Waals surface area contributed by atoms with E-state index in [2.05, 4.69) is 25.5 Å². The smallest absolute Gasteiger partial charge is 0.311 e. The monoisotopic (exact) mass is 248 g/mol. The van der Waals surface area contributed by atoms with Crippen LogP contribution >= 0.6 is 0 Å². The number of H-pyrrole nitrogens is 1. The molecule has 0 amide bonds. The predicted octanol–water partition coefficient (Wildman–Crippen LogP) is 1.15. The lowest BCUT2D eigenvalue weighted by Gasteiger charge is -2.04. The number of nitrogens with one attached hydrogen (secondary N) is 2. The van der Waals surface area contributed by atoms with Crippen LogP contribution in [0, 0.1) is 10.1 Å². The van der Waals surface area contributed by atoms with Gasteiger partial charge in [0.1, 0.15) is 12.2 Å². The minimum absolute atomic E-state index is 0.0165. The Balaban J connectivity index is 1.85. The van der Waals surface area contributed by atoms with E-state index in [9.17, 15) is 10.1 Å². The molecule has 2 rings (SSSR count). The van der Waals surface area contributed by atoms with Gasteiger partial charge in [-0.2, -0.15) is 5.10 Å². The van der Waals surface area contributed by atoms with Gasteiger partial charge in [0.25, 0.3) is 0 Å². The van der Waals surface area contributed by atoms with Gasteiger partial charge in [-0.25, -0.2) is 9.97 Å². The van der Waals surface area contributed by atoms with E-state index < -0.39 is 4.92 Å². The summed E-state index contributed by atoms with van der Waals surface area (Å²) >= 11 is 0. The second-order valence-electron chi connectivity index (χ2n) is 3.59. The molecule has 0 aromatic carbocycles. The highest BCUT2D eigenvalue weighted by Gasteiger charge is 2.12. The van der Waals surface area contributed by atoms with Crippen molar-refractivity contribution < 1.29 is 4.92 Å². The molecule has 0 aliphatic rings. The first-order valence-corrected chi connectivity index (χ1v) is 5.45. The lowest BCUT2D eigenvalue weighted by atomic mass is 10.3. The number of aromatic amines is 1. The molecular formula is C10H12N6O2. The first kappa shape index (κ1) is 12.0. The minimum Gasteiger partial charge on any atom is -0.364 e. The van der Waals surface area contributed by atoms with Crippen LogP contribution in [0.2, 0.25) is 0 Å². The number of nitro groups is 1. The maximum absolute atomic E-state index is 10.7. The Morgan fingerprint density at radius 3 is 3.06 bits per heavy atom. The van der Waals surface area contributed by atoms with Gasteiger partial charge in [-0.3, -0.25) is 15.2 Å². The Morgan fingerprint density at radius 1 is 1.44 bits per heavy atom. The molecule has 0 atom stereocenters. The van der Waals surface area contributed by atoms with E-state index in [4.69, 9.17) is 0 Å². The van der Waals surface area contributed by atoms with Crippen molar-refractivity contribution in [3.8, 4) is 0 Å². The standard InChI is InChI=1S/C10H12N6O2/c17-16(18)8-3-1-5-11-10(8)12-6-2-4-9-13-7-14-15-9/h1,3,5,7H,2,4,6H2,(H,11,12)(H,13,14,15). The third-order valence-electron chi connectivity index (χ3n) is 2.33. The van der Waals surface area contributed by atoms with Gasteiger partial charge < -0.3 is 5.32 Å². The minimum atomic E-state index is -0.453. The van der Waals surface area contributed by atoms with Gasteiger partial charge >= 0.3 is 5.69 Å². The van der Waals surface area contributed by atoms with Crippen molar-refractivity contribution in [3.05, 3.63) is 40.6 Å². The molecule has 0 bridgehead atoms. The van der Waals surface area contributed by atoms with Crippen LogP contribution in [0.5, 0.6) is 0 Å². The summed E-state index contributed by atoms with van der Waals surface area (Å²) in [5, 5.41) is 20.2. The van der Waals surface area contributed by atoms with Crippen LogP contribution < -0.4 is 5.32 Å². The van der Waals surface area contributed by atoms with E-state index in [1.165, 1.54) is 24.7 Å². The zero-order chi connectivity index (χ0) is 12.8. The fraction of sp³-hybridized carbons (Fsp3) is 0.300. The average molecular weight is 248 g/mol. The van der Waals surface area contributed by atoms with Gasteiger partial charge in [0.15, 0.2) is 0 Å². The van der Waals surface area contributed by atoms with Gasteiger partial charge in [0, 0.05) is 25.2 Å². The Bertz CT molecular complexity index is 513. The van der Waals surface area contributed by atoms with Gasteiger partial charge in [0.05, 0.1) is 4.92 Å². The second-order valence-corrected chi connectivity index (χ2v) is 3.59. The van der Waals surface area contributed by atoms with Gasteiger partial charge in [0.2, 0.25) is 5.82 Å². The number of pyridine rings is 1. The van der Waals surface area contributed by atoms with Crippen molar-refractivity contribution in [2.45, 2.75) is 12.8 Å². The summed E-state index contributed by atoms with van der Waals surface area (Å²) < 4.78 is 0. The Labute approximate surface area is 103 Å². The summed E-state index contributed by atoms with van der Waals surface area (Å²) in [5.74, 6) is 1.09. The normalized spacial score (nSPS) is 10.2. The molecule has 0 fully saturated rings. The third-order valence-corrected chi connectivity index (χ3v) is 2.33. The quantitative estimate of drug-likeness (QED) is 0.451. The van der Waals surface area contributed by atoms with Crippen molar-refractivity contribution in [2.75, 3.05) is 11.9 Å². The first-order valence-electron chi connectivity index (χ1n) is 5.45. The second kappa shape index (κ2) is 5.71. The number of aryl methyl sites for hydroxylation is 1. The molecule has 0 saturated carbocycles. The number of aromatic nitrogens is 4. The average Bonchev–Trinajstić information content (AvgIpc) is 2.88. The highest BCUT2D eigenvalue weighted by Crippen LogP contribution is 2.19. The lowest BCUT2D eigenvalue weighted by molar-refractivity contribution is -0.384. The van der Waals surface area contributed by atoms with Gasteiger partial charge in [-0.15, -0.1) is 0 Å². The van der Waals surface area contributed by atoms with E-state index in [1.807, 2.05) is 0 Å². The van der Waals surface area contributed by atoms with Crippen molar-refractivity contribution in [1.29, 1.82) is 0 Å². The third kappa shape index (κ3) is 3.00. The lowest BCUT2D eigenvalue weighted by Crippen LogP contribution is -2.07. The number of rotatable bonds is 6. The molecule has 8 heteroatoms. The van der Waals surface area contributed by atoms with Gasteiger partial charge in [-0.05, 0) is 12.5 Å². The molecule has 0 radical (unpaired) electrons. The molecule has 8 nitrogen and oxygen atoms in total. The van der Waals surface area contributed by atoms with Crippen LogP contribution in [-0.2, 0) is 6.42 Å². The van der Waals surface area contributed by atoms with Crippen molar-refractivity contribution in [3.63, 3.8) is 0 Å². The van der Waals surface area contributed by atoms with Crippen LogP contribution in [0.15, 0.2) is 24.7 Å². The molecule has 0 unspecified atom stereocenters. The zero-order valence-electron chi connectivity index (χ0n) is 9.54. The van der Waals surface area contributed by atoms with E-state index in [1.54, 1.807) is 0 Å². The maximum Gasteiger partial charge on any atom is 0.311 e. The van der Waals surface area contributed by atoms with Gasteiger partial charge in [-0.1, -0.05) is 0 Å². The highest BCUT2D eigenvalue weighted by atomic mass is 16.6. The van der Waals surface area contributed by atoms with E-state index >= 15 is 0 Å². The fourth-order valence-electron chi connectivity index (χ4n) is 1.49. The number of hydrogen-bond donors (Lipinski definition) is 2.